The van der Waals surface area contributed by atoms with Crippen molar-refractivity contribution in [2.45, 2.75) is 12.8 Å². The van der Waals surface area contributed by atoms with E-state index in [2.05, 4.69) is 29.2 Å². The first kappa shape index (κ1) is 16.0. The summed E-state index contributed by atoms with van der Waals surface area (Å²) < 4.78 is 10.7. The van der Waals surface area contributed by atoms with Crippen LogP contribution in [-0.4, -0.2) is 55.8 Å². The molecule has 2 heterocycles. The lowest BCUT2D eigenvalue weighted by molar-refractivity contribution is -0.132. The van der Waals surface area contributed by atoms with E-state index in [1.165, 1.54) is 10.9 Å². The lowest BCUT2D eigenvalue weighted by Gasteiger charge is -2.23. The van der Waals surface area contributed by atoms with Gasteiger partial charge in [0.1, 0.15) is 0 Å². The van der Waals surface area contributed by atoms with Gasteiger partial charge in [-0.2, -0.15) is 0 Å². The first-order valence-corrected chi connectivity index (χ1v) is 8.17. The summed E-state index contributed by atoms with van der Waals surface area (Å²) >= 11 is 0. The van der Waals surface area contributed by atoms with Gasteiger partial charge in [-0.1, -0.05) is 6.07 Å². The summed E-state index contributed by atoms with van der Waals surface area (Å²) in [5, 5.41) is 1.23. The number of rotatable bonds is 5. The number of aromatic amines is 1. The van der Waals surface area contributed by atoms with Crippen molar-refractivity contribution in [2.24, 2.45) is 5.92 Å². The maximum atomic E-state index is 12.2. The molecule has 1 amide bonds. The quantitative estimate of drug-likeness (QED) is 0.920. The second-order valence-corrected chi connectivity index (χ2v) is 6.13. The summed E-state index contributed by atoms with van der Waals surface area (Å²) in [4.78, 5) is 17.4. The van der Waals surface area contributed by atoms with E-state index in [4.69, 9.17) is 9.47 Å². The smallest absolute Gasteiger partial charge is 0.224 e. The van der Waals surface area contributed by atoms with E-state index in [0.29, 0.717) is 38.7 Å². The number of H-pyrrole nitrogens is 1. The Morgan fingerprint density at radius 3 is 3.22 bits per heavy atom. The first-order valence-electron chi connectivity index (χ1n) is 8.17. The van der Waals surface area contributed by atoms with Gasteiger partial charge in [-0.15, -0.1) is 0 Å². The van der Waals surface area contributed by atoms with Gasteiger partial charge in [-0.25, -0.2) is 0 Å². The SMILES string of the molecule is COCCC(=O)N1CCOCC(Cc2ccc3[nH]ccc3c2)C1. The van der Waals surface area contributed by atoms with Crippen LogP contribution in [0, 0.1) is 5.92 Å². The molecule has 1 unspecified atom stereocenters. The minimum Gasteiger partial charge on any atom is -0.384 e. The predicted molar refractivity (Wildman–Crippen MR) is 89.4 cm³/mol. The Balaban J connectivity index is 1.64. The van der Waals surface area contributed by atoms with Crippen molar-refractivity contribution in [3.8, 4) is 0 Å². The van der Waals surface area contributed by atoms with Crippen LogP contribution in [0.5, 0.6) is 0 Å². The molecule has 0 spiro atoms. The number of nitrogens with zero attached hydrogens (tertiary/aromatic N) is 1. The molecule has 0 saturated carbocycles. The summed E-state index contributed by atoms with van der Waals surface area (Å²) in [6.07, 6.45) is 3.33. The maximum absolute atomic E-state index is 12.2. The van der Waals surface area contributed by atoms with Gasteiger partial charge in [-0.05, 0) is 35.6 Å². The fourth-order valence-corrected chi connectivity index (χ4v) is 3.14. The van der Waals surface area contributed by atoms with Gasteiger partial charge in [0.2, 0.25) is 5.91 Å². The van der Waals surface area contributed by atoms with Gasteiger partial charge in [0.05, 0.1) is 26.2 Å². The molecule has 1 N–H and O–H groups in total. The zero-order valence-corrected chi connectivity index (χ0v) is 13.6. The normalized spacial score (nSPS) is 19.0. The molecule has 0 aliphatic carbocycles. The number of aromatic nitrogens is 1. The number of methoxy groups -OCH3 is 1. The Kier molecular flexibility index (Phi) is 5.31. The second kappa shape index (κ2) is 7.62. The zero-order chi connectivity index (χ0) is 16.1. The van der Waals surface area contributed by atoms with Crippen LogP contribution in [0.3, 0.4) is 0 Å². The van der Waals surface area contributed by atoms with E-state index in [1.54, 1.807) is 7.11 Å². The highest BCUT2D eigenvalue weighted by atomic mass is 16.5. The number of carbonyl (C=O) groups excluding carboxylic acids is 1. The van der Waals surface area contributed by atoms with Crippen molar-refractivity contribution in [1.82, 2.24) is 9.88 Å². The number of hydrogen-bond acceptors (Lipinski definition) is 3. The molecular weight excluding hydrogens is 292 g/mol. The van der Waals surface area contributed by atoms with E-state index in [1.807, 2.05) is 11.1 Å². The van der Waals surface area contributed by atoms with Crippen molar-refractivity contribution in [3.63, 3.8) is 0 Å². The molecule has 0 bridgehead atoms. The number of carbonyl (C=O) groups is 1. The first-order chi connectivity index (χ1) is 11.3. The zero-order valence-electron chi connectivity index (χ0n) is 13.6. The molecule has 2 aromatic rings. The van der Waals surface area contributed by atoms with Crippen LogP contribution >= 0.6 is 0 Å². The molecule has 1 aliphatic heterocycles. The fourth-order valence-electron chi connectivity index (χ4n) is 3.14. The highest BCUT2D eigenvalue weighted by Gasteiger charge is 2.22. The Morgan fingerprint density at radius 1 is 1.43 bits per heavy atom. The summed E-state index contributed by atoms with van der Waals surface area (Å²) in [6, 6.07) is 8.57. The molecular formula is C18H24N2O3. The molecule has 5 heteroatoms. The molecule has 1 fully saturated rings. The van der Waals surface area contributed by atoms with Crippen molar-refractivity contribution < 1.29 is 14.3 Å². The molecule has 23 heavy (non-hydrogen) atoms. The lowest BCUT2D eigenvalue weighted by Crippen LogP contribution is -2.36. The van der Waals surface area contributed by atoms with Gasteiger partial charge in [0, 0.05) is 37.8 Å². The number of fused-ring (bicyclic) bond motifs is 1. The van der Waals surface area contributed by atoms with Crippen LogP contribution in [0.2, 0.25) is 0 Å². The number of hydrogen-bond donors (Lipinski definition) is 1. The fraction of sp³-hybridized carbons (Fsp3) is 0.500. The van der Waals surface area contributed by atoms with Gasteiger partial charge >= 0.3 is 0 Å². The van der Waals surface area contributed by atoms with Crippen LogP contribution in [0.15, 0.2) is 30.5 Å². The van der Waals surface area contributed by atoms with E-state index < -0.39 is 0 Å². The Hall–Kier alpha value is -1.85. The van der Waals surface area contributed by atoms with Crippen LogP contribution < -0.4 is 0 Å². The van der Waals surface area contributed by atoms with Gasteiger partial charge in [0.25, 0.3) is 0 Å². The molecule has 1 aliphatic rings. The van der Waals surface area contributed by atoms with E-state index in [9.17, 15) is 4.79 Å². The third kappa shape index (κ3) is 4.12. The molecule has 3 rings (SSSR count). The number of nitrogens with one attached hydrogen (secondary N) is 1. The maximum Gasteiger partial charge on any atom is 0.224 e. The summed E-state index contributed by atoms with van der Waals surface area (Å²) in [7, 11) is 1.62. The molecule has 1 aromatic heterocycles. The predicted octanol–water partition coefficient (Wildman–Crippen LogP) is 2.22. The Bertz CT molecular complexity index is 653. The molecule has 124 valence electrons. The average molecular weight is 316 g/mol. The number of ether oxygens (including phenoxy) is 2. The van der Waals surface area contributed by atoms with Crippen molar-refractivity contribution in [2.75, 3.05) is 40.0 Å². The topological polar surface area (TPSA) is 54.6 Å². The monoisotopic (exact) mass is 316 g/mol. The lowest BCUT2D eigenvalue weighted by atomic mass is 9.98. The van der Waals surface area contributed by atoms with Crippen molar-refractivity contribution in [3.05, 3.63) is 36.0 Å². The highest BCUT2D eigenvalue weighted by Crippen LogP contribution is 2.19. The van der Waals surface area contributed by atoms with E-state index in [0.717, 1.165) is 18.5 Å². The van der Waals surface area contributed by atoms with Gasteiger partial charge in [-0.3, -0.25) is 4.79 Å². The average Bonchev–Trinajstić information content (AvgIpc) is 2.90. The Morgan fingerprint density at radius 2 is 2.35 bits per heavy atom. The third-order valence-electron chi connectivity index (χ3n) is 4.35. The highest BCUT2D eigenvalue weighted by molar-refractivity contribution is 5.80. The van der Waals surface area contributed by atoms with Crippen LogP contribution in [0.25, 0.3) is 10.9 Å². The van der Waals surface area contributed by atoms with E-state index >= 15 is 0 Å². The number of benzene rings is 1. The summed E-state index contributed by atoms with van der Waals surface area (Å²) in [5.41, 5.74) is 2.44. The van der Waals surface area contributed by atoms with Crippen LogP contribution in [-0.2, 0) is 20.7 Å². The number of amides is 1. The Labute approximate surface area is 136 Å². The van der Waals surface area contributed by atoms with Crippen LogP contribution in [0.4, 0.5) is 0 Å². The van der Waals surface area contributed by atoms with Crippen LogP contribution in [0.1, 0.15) is 12.0 Å². The molecule has 1 saturated heterocycles. The minimum atomic E-state index is 0.156. The summed E-state index contributed by atoms with van der Waals surface area (Å²) in [5.74, 6) is 0.490. The molecule has 5 nitrogen and oxygen atoms in total. The standard InChI is InChI=1S/C18H24N2O3/c1-22-8-5-18(21)20-7-9-23-13-15(12-20)10-14-2-3-17-16(11-14)4-6-19-17/h2-4,6,11,15,19H,5,7-10,12-13H2,1H3. The third-order valence-corrected chi connectivity index (χ3v) is 4.35. The van der Waals surface area contributed by atoms with Gasteiger partial charge < -0.3 is 19.4 Å². The van der Waals surface area contributed by atoms with Gasteiger partial charge in [0.15, 0.2) is 0 Å². The summed E-state index contributed by atoms with van der Waals surface area (Å²) in [6.45, 7) is 3.24. The minimum absolute atomic E-state index is 0.156. The molecule has 1 aromatic carbocycles. The largest absolute Gasteiger partial charge is 0.384 e. The van der Waals surface area contributed by atoms with E-state index in [-0.39, 0.29) is 5.91 Å². The second-order valence-electron chi connectivity index (χ2n) is 6.13. The van der Waals surface area contributed by atoms with Crippen molar-refractivity contribution >= 4 is 16.8 Å². The molecule has 0 radical (unpaired) electrons. The van der Waals surface area contributed by atoms with Crippen molar-refractivity contribution in [1.29, 1.82) is 0 Å². The molecule has 1 atom stereocenters.